The van der Waals surface area contributed by atoms with Gasteiger partial charge in [-0.1, -0.05) is 6.92 Å². The quantitative estimate of drug-likeness (QED) is 0.815. The molecule has 15 heavy (non-hydrogen) atoms. The fraction of sp³-hybridized carbons (Fsp3) is 0.500. The molecule has 1 aromatic rings. The Morgan fingerprint density at radius 3 is 2.73 bits per heavy atom. The van der Waals surface area contributed by atoms with Crippen LogP contribution in [0.5, 0.6) is 0 Å². The fourth-order valence-corrected chi connectivity index (χ4v) is 0.936. The van der Waals surface area contributed by atoms with E-state index < -0.39 is 17.6 Å². The molecule has 0 aliphatic rings. The molecule has 0 radical (unpaired) electrons. The topological polar surface area (TPSA) is 57.8 Å². The molecular formula is C8H10F3N3O. The first-order chi connectivity index (χ1) is 6.93. The first-order valence-corrected chi connectivity index (χ1v) is 4.36. The lowest BCUT2D eigenvalue weighted by Gasteiger charge is -2.07. The molecule has 0 aliphatic heterocycles. The number of rotatable bonds is 3. The normalized spacial score (nSPS) is 11.5. The van der Waals surface area contributed by atoms with Crippen molar-refractivity contribution in [2.45, 2.75) is 19.5 Å². The lowest BCUT2D eigenvalue weighted by atomic mass is 10.4. The Hall–Kier alpha value is -1.53. The number of halogens is 3. The Morgan fingerprint density at radius 2 is 2.20 bits per heavy atom. The SMILES string of the molecule is CCCNc1cc(=O)[nH]c(C(F)(F)F)n1. The summed E-state index contributed by atoms with van der Waals surface area (Å²) in [6.07, 6.45) is -3.90. The van der Waals surface area contributed by atoms with E-state index in [4.69, 9.17) is 0 Å². The zero-order chi connectivity index (χ0) is 11.5. The summed E-state index contributed by atoms with van der Waals surface area (Å²) in [5.41, 5.74) is -0.823. The van der Waals surface area contributed by atoms with Gasteiger partial charge in [0.2, 0.25) is 5.82 Å². The highest BCUT2D eigenvalue weighted by Gasteiger charge is 2.34. The van der Waals surface area contributed by atoms with Crippen molar-refractivity contribution in [1.29, 1.82) is 0 Å². The first kappa shape index (κ1) is 11.5. The molecule has 1 heterocycles. The summed E-state index contributed by atoms with van der Waals surface area (Å²) in [5.74, 6) is -1.35. The van der Waals surface area contributed by atoms with E-state index in [9.17, 15) is 18.0 Å². The van der Waals surface area contributed by atoms with Crippen LogP contribution < -0.4 is 10.9 Å². The molecule has 0 aliphatic carbocycles. The van der Waals surface area contributed by atoms with Gasteiger partial charge in [0, 0.05) is 12.6 Å². The maximum atomic E-state index is 12.2. The zero-order valence-corrected chi connectivity index (χ0v) is 7.98. The number of hydrogen-bond donors (Lipinski definition) is 2. The Bertz CT molecular complexity index is 385. The lowest BCUT2D eigenvalue weighted by molar-refractivity contribution is -0.145. The summed E-state index contributed by atoms with van der Waals surface area (Å²) in [6, 6.07) is 0.991. The van der Waals surface area contributed by atoms with Gasteiger partial charge in [0.05, 0.1) is 0 Å². The van der Waals surface area contributed by atoms with Crippen molar-refractivity contribution in [1.82, 2.24) is 9.97 Å². The Kier molecular flexibility index (Phi) is 3.33. The van der Waals surface area contributed by atoms with Crippen LogP contribution in [0.2, 0.25) is 0 Å². The fourth-order valence-electron chi connectivity index (χ4n) is 0.936. The van der Waals surface area contributed by atoms with Crippen LogP contribution in [-0.2, 0) is 6.18 Å². The van der Waals surface area contributed by atoms with Crippen molar-refractivity contribution in [3.8, 4) is 0 Å². The summed E-state index contributed by atoms with van der Waals surface area (Å²) in [4.78, 5) is 15.8. The van der Waals surface area contributed by atoms with E-state index in [2.05, 4.69) is 10.3 Å². The predicted octanol–water partition coefficient (Wildman–Crippen LogP) is 1.61. The van der Waals surface area contributed by atoms with Crippen LogP contribution in [0.25, 0.3) is 0 Å². The summed E-state index contributed by atoms with van der Waals surface area (Å²) in [7, 11) is 0. The van der Waals surface area contributed by atoms with E-state index in [0.29, 0.717) is 6.54 Å². The highest BCUT2D eigenvalue weighted by atomic mass is 19.4. The minimum atomic E-state index is -4.64. The number of aromatic nitrogens is 2. The average Bonchev–Trinajstić information content (AvgIpc) is 2.12. The molecule has 0 saturated heterocycles. The molecular weight excluding hydrogens is 211 g/mol. The van der Waals surface area contributed by atoms with Crippen LogP contribution >= 0.6 is 0 Å². The molecule has 0 spiro atoms. The van der Waals surface area contributed by atoms with Crippen molar-refractivity contribution >= 4 is 5.82 Å². The largest absolute Gasteiger partial charge is 0.449 e. The van der Waals surface area contributed by atoms with E-state index in [1.807, 2.05) is 6.92 Å². The van der Waals surface area contributed by atoms with Gasteiger partial charge in [-0.05, 0) is 6.42 Å². The molecule has 2 N–H and O–H groups in total. The monoisotopic (exact) mass is 221 g/mol. The summed E-state index contributed by atoms with van der Waals surface area (Å²) >= 11 is 0. The van der Waals surface area contributed by atoms with Gasteiger partial charge in [-0.2, -0.15) is 13.2 Å². The molecule has 0 unspecified atom stereocenters. The van der Waals surface area contributed by atoms with Crippen LogP contribution in [0.3, 0.4) is 0 Å². The molecule has 4 nitrogen and oxygen atoms in total. The molecule has 0 atom stereocenters. The van der Waals surface area contributed by atoms with Gasteiger partial charge in [0.1, 0.15) is 5.82 Å². The van der Waals surface area contributed by atoms with Crippen molar-refractivity contribution in [2.75, 3.05) is 11.9 Å². The van der Waals surface area contributed by atoms with Gasteiger partial charge >= 0.3 is 6.18 Å². The van der Waals surface area contributed by atoms with Crippen LogP contribution in [0.1, 0.15) is 19.2 Å². The zero-order valence-electron chi connectivity index (χ0n) is 7.98. The van der Waals surface area contributed by atoms with E-state index in [1.54, 1.807) is 4.98 Å². The number of nitrogens with zero attached hydrogens (tertiary/aromatic N) is 1. The Balaban J connectivity index is 3.01. The van der Waals surface area contributed by atoms with Gasteiger partial charge < -0.3 is 10.3 Å². The minimum absolute atomic E-state index is 0.0621. The molecule has 0 fully saturated rings. The number of alkyl halides is 3. The number of anilines is 1. The molecule has 0 saturated carbocycles. The van der Waals surface area contributed by atoms with E-state index in [-0.39, 0.29) is 5.82 Å². The van der Waals surface area contributed by atoms with E-state index in [1.165, 1.54) is 0 Å². The van der Waals surface area contributed by atoms with Gasteiger partial charge in [0.25, 0.3) is 5.56 Å². The maximum Gasteiger partial charge on any atom is 0.449 e. The molecule has 7 heteroatoms. The number of H-pyrrole nitrogens is 1. The number of aromatic amines is 1. The average molecular weight is 221 g/mol. The summed E-state index contributed by atoms with van der Waals surface area (Å²) in [5, 5.41) is 2.62. The molecule has 0 amide bonds. The first-order valence-electron chi connectivity index (χ1n) is 4.36. The third-order valence-corrected chi connectivity index (χ3v) is 1.57. The lowest BCUT2D eigenvalue weighted by Crippen LogP contribution is -2.20. The van der Waals surface area contributed by atoms with Crippen LogP contribution in [0, 0.1) is 0 Å². The third-order valence-electron chi connectivity index (χ3n) is 1.57. The van der Waals surface area contributed by atoms with Crippen molar-refractivity contribution in [2.24, 2.45) is 0 Å². The van der Waals surface area contributed by atoms with E-state index >= 15 is 0 Å². The Morgan fingerprint density at radius 1 is 1.53 bits per heavy atom. The summed E-state index contributed by atoms with van der Waals surface area (Å²) in [6.45, 7) is 2.32. The second kappa shape index (κ2) is 4.33. The smallest absolute Gasteiger partial charge is 0.370 e. The van der Waals surface area contributed by atoms with Crippen molar-refractivity contribution in [3.05, 3.63) is 22.2 Å². The highest BCUT2D eigenvalue weighted by molar-refractivity contribution is 5.33. The second-order valence-electron chi connectivity index (χ2n) is 2.90. The van der Waals surface area contributed by atoms with Gasteiger partial charge in [0.15, 0.2) is 0 Å². The van der Waals surface area contributed by atoms with Crippen molar-refractivity contribution in [3.63, 3.8) is 0 Å². The molecule has 0 bridgehead atoms. The molecule has 0 aromatic carbocycles. The standard InChI is InChI=1S/C8H10F3N3O/c1-2-3-12-5-4-6(15)14-7(13-5)8(9,10)11/h4H,2-3H2,1H3,(H2,12,13,14,15). The number of nitrogens with one attached hydrogen (secondary N) is 2. The van der Waals surface area contributed by atoms with Crippen LogP contribution in [0.4, 0.5) is 19.0 Å². The van der Waals surface area contributed by atoms with Crippen LogP contribution in [-0.4, -0.2) is 16.5 Å². The molecule has 84 valence electrons. The van der Waals surface area contributed by atoms with Crippen LogP contribution in [0.15, 0.2) is 10.9 Å². The second-order valence-corrected chi connectivity index (χ2v) is 2.90. The van der Waals surface area contributed by atoms with E-state index in [0.717, 1.165) is 12.5 Å². The van der Waals surface area contributed by atoms with Gasteiger partial charge in [-0.25, -0.2) is 4.98 Å². The Labute approximate surface area is 83.5 Å². The predicted molar refractivity (Wildman–Crippen MR) is 48.6 cm³/mol. The molecule has 1 aromatic heterocycles. The number of hydrogen-bond acceptors (Lipinski definition) is 3. The molecule has 1 rings (SSSR count). The van der Waals surface area contributed by atoms with Gasteiger partial charge in [-0.3, -0.25) is 4.79 Å². The summed E-state index contributed by atoms with van der Waals surface area (Å²) < 4.78 is 36.6. The third kappa shape index (κ3) is 3.26. The highest BCUT2D eigenvalue weighted by Crippen LogP contribution is 2.25. The van der Waals surface area contributed by atoms with Crippen molar-refractivity contribution < 1.29 is 13.2 Å². The maximum absolute atomic E-state index is 12.2. The minimum Gasteiger partial charge on any atom is -0.370 e. The van der Waals surface area contributed by atoms with Gasteiger partial charge in [-0.15, -0.1) is 0 Å².